The molecule has 1 unspecified atom stereocenters. The number of hydrogen-bond acceptors (Lipinski definition) is 3. The number of aromatic hydroxyl groups is 1. The molecule has 0 aromatic heterocycles. The summed E-state index contributed by atoms with van der Waals surface area (Å²) in [7, 11) is 0. The first-order valence-corrected chi connectivity index (χ1v) is 11.2. The zero-order chi connectivity index (χ0) is 23.9. The number of hydrogen-bond donors (Lipinski definition) is 2. The van der Waals surface area contributed by atoms with E-state index in [0.717, 1.165) is 16.7 Å². The molecule has 2 amide bonds. The quantitative estimate of drug-likeness (QED) is 0.527. The second-order valence-corrected chi connectivity index (χ2v) is 9.79. The van der Waals surface area contributed by atoms with Gasteiger partial charge in [0.1, 0.15) is 11.8 Å². The van der Waals surface area contributed by atoms with E-state index in [2.05, 4.69) is 5.32 Å². The van der Waals surface area contributed by atoms with E-state index in [-0.39, 0.29) is 24.1 Å². The number of halogens is 1. The monoisotopic (exact) mass is 462 g/mol. The smallest absolute Gasteiger partial charge is 0.255 e. The normalized spacial score (nSPS) is 15.5. The summed E-state index contributed by atoms with van der Waals surface area (Å²) in [5.41, 5.74) is 3.65. The minimum absolute atomic E-state index is 0.0374. The van der Waals surface area contributed by atoms with Gasteiger partial charge in [-0.05, 0) is 56.5 Å². The Balaban J connectivity index is 1.80. The fraction of sp³-hybridized carbons (Fsp3) is 0.259. The summed E-state index contributed by atoms with van der Waals surface area (Å²) < 4.78 is 0. The molecular formula is C27H27ClN2O3. The van der Waals surface area contributed by atoms with Crippen LogP contribution in [0.2, 0.25) is 5.02 Å². The highest BCUT2D eigenvalue weighted by Gasteiger charge is 2.43. The van der Waals surface area contributed by atoms with Crippen molar-refractivity contribution in [3.8, 4) is 16.9 Å². The van der Waals surface area contributed by atoms with E-state index in [9.17, 15) is 14.7 Å². The molecule has 0 spiro atoms. The van der Waals surface area contributed by atoms with E-state index >= 15 is 0 Å². The average Bonchev–Trinajstić information content (AvgIpc) is 3.03. The van der Waals surface area contributed by atoms with Gasteiger partial charge in [-0.3, -0.25) is 9.59 Å². The van der Waals surface area contributed by atoms with Crippen molar-refractivity contribution in [3.05, 3.63) is 87.9 Å². The van der Waals surface area contributed by atoms with Crippen molar-refractivity contribution in [1.29, 1.82) is 0 Å². The van der Waals surface area contributed by atoms with Crippen molar-refractivity contribution >= 4 is 23.4 Å². The molecule has 33 heavy (non-hydrogen) atoms. The molecule has 5 nitrogen and oxygen atoms in total. The van der Waals surface area contributed by atoms with Crippen LogP contribution in [0, 0.1) is 6.92 Å². The van der Waals surface area contributed by atoms with Gasteiger partial charge in [0.15, 0.2) is 0 Å². The number of fused-ring (bicyclic) bond motifs is 1. The van der Waals surface area contributed by atoms with Crippen LogP contribution in [0.15, 0.2) is 60.7 Å². The van der Waals surface area contributed by atoms with Gasteiger partial charge in [0.2, 0.25) is 5.91 Å². The summed E-state index contributed by atoms with van der Waals surface area (Å²) in [6.45, 7) is 7.63. The summed E-state index contributed by atoms with van der Waals surface area (Å²) in [4.78, 5) is 28.5. The van der Waals surface area contributed by atoms with Crippen LogP contribution in [-0.2, 0) is 11.3 Å². The molecule has 0 radical (unpaired) electrons. The van der Waals surface area contributed by atoms with E-state index in [1.54, 1.807) is 24.0 Å². The van der Waals surface area contributed by atoms with Crippen molar-refractivity contribution < 1.29 is 14.7 Å². The van der Waals surface area contributed by atoms with Gasteiger partial charge in [-0.1, -0.05) is 60.1 Å². The van der Waals surface area contributed by atoms with Crippen molar-refractivity contribution in [3.63, 3.8) is 0 Å². The number of nitrogens with one attached hydrogen (secondary N) is 1. The van der Waals surface area contributed by atoms with Gasteiger partial charge >= 0.3 is 0 Å². The lowest BCUT2D eigenvalue weighted by atomic mass is 9.97. The predicted octanol–water partition coefficient (Wildman–Crippen LogP) is 5.63. The number of phenolic OH excluding ortho intramolecular Hbond substituents is 1. The van der Waals surface area contributed by atoms with Gasteiger partial charge in [-0.25, -0.2) is 0 Å². The summed E-state index contributed by atoms with van der Waals surface area (Å²) in [6.07, 6.45) is 0. The van der Waals surface area contributed by atoms with Crippen LogP contribution in [0.1, 0.15) is 53.9 Å². The molecule has 0 saturated carbocycles. The minimum Gasteiger partial charge on any atom is -0.508 e. The maximum absolute atomic E-state index is 13.6. The van der Waals surface area contributed by atoms with Crippen molar-refractivity contribution in [2.75, 3.05) is 0 Å². The van der Waals surface area contributed by atoms with Crippen LogP contribution in [-0.4, -0.2) is 27.4 Å². The molecule has 170 valence electrons. The maximum Gasteiger partial charge on any atom is 0.255 e. The van der Waals surface area contributed by atoms with Crippen LogP contribution in [0.3, 0.4) is 0 Å². The van der Waals surface area contributed by atoms with Crippen LogP contribution in [0.25, 0.3) is 11.1 Å². The highest BCUT2D eigenvalue weighted by molar-refractivity contribution is 6.33. The van der Waals surface area contributed by atoms with Crippen molar-refractivity contribution in [2.45, 2.75) is 45.8 Å². The van der Waals surface area contributed by atoms with Crippen LogP contribution in [0.5, 0.6) is 5.75 Å². The second-order valence-electron chi connectivity index (χ2n) is 9.39. The third-order valence-corrected chi connectivity index (χ3v) is 6.15. The van der Waals surface area contributed by atoms with Crippen LogP contribution < -0.4 is 5.32 Å². The molecule has 3 aromatic rings. The number of carbonyl (C=O) groups excluding carboxylic acids is 2. The van der Waals surface area contributed by atoms with E-state index in [0.29, 0.717) is 21.7 Å². The van der Waals surface area contributed by atoms with Crippen molar-refractivity contribution in [2.24, 2.45) is 0 Å². The van der Waals surface area contributed by atoms with Crippen molar-refractivity contribution in [1.82, 2.24) is 10.2 Å². The van der Waals surface area contributed by atoms with Gasteiger partial charge < -0.3 is 15.3 Å². The van der Waals surface area contributed by atoms with Crippen LogP contribution >= 0.6 is 11.6 Å². The molecular weight excluding hydrogens is 436 g/mol. The highest BCUT2D eigenvalue weighted by Crippen LogP contribution is 2.41. The molecule has 1 aliphatic rings. The van der Waals surface area contributed by atoms with E-state index < -0.39 is 11.6 Å². The van der Waals surface area contributed by atoms with Gasteiger partial charge in [0.05, 0.1) is 5.56 Å². The molecule has 6 heteroatoms. The average molecular weight is 463 g/mol. The minimum atomic E-state index is -0.801. The van der Waals surface area contributed by atoms with E-state index in [4.69, 9.17) is 11.6 Å². The Labute approximate surface area is 199 Å². The molecule has 0 fully saturated rings. The standard InChI is InChI=1S/C27H27ClN2O3/c1-16-22(31)14-13-20-23(16)26(33)30(24(20)25(32)29-27(2,3)4)15-17-9-5-6-10-18(17)19-11-7-8-12-21(19)28/h5-14,24,31H,15H2,1-4H3,(H,29,32). The molecule has 0 saturated heterocycles. The third-order valence-electron chi connectivity index (χ3n) is 5.82. The Morgan fingerprint density at radius 1 is 1.03 bits per heavy atom. The lowest BCUT2D eigenvalue weighted by Crippen LogP contribution is -2.46. The lowest BCUT2D eigenvalue weighted by Gasteiger charge is -2.29. The molecule has 1 atom stereocenters. The Bertz CT molecular complexity index is 1250. The summed E-state index contributed by atoms with van der Waals surface area (Å²) in [6, 6.07) is 17.7. The lowest BCUT2D eigenvalue weighted by molar-refractivity contribution is -0.127. The SMILES string of the molecule is Cc1c(O)ccc2c1C(=O)N(Cc1ccccc1-c1ccccc1Cl)C2C(=O)NC(C)(C)C. The van der Waals surface area contributed by atoms with E-state index in [1.807, 2.05) is 69.3 Å². The second kappa shape index (κ2) is 8.56. The zero-order valence-electron chi connectivity index (χ0n) is 19.1. The summed E-state index contributed by atoms with van der Waals surface area (Å²) in [5, 5.41) is 13.9. The van der Waals surface area contributed by atoms with Gasteiger partial charge in [0.25, 0.3) is 5.91 Å². The first-order valence-electron chi connectivity index (χ1n) is 10.9. The third kappa shape index (κ3) is 4.33. The van der Waals surface area contributed by atoms with Gasteiger partial charge in [0, 0.05) is 28.2 Å². The number of phenols is 1. The first-order chi connectivity index (χ1) is 15.6. The molecule has 3 aromatic carbocycles. The molecule has 4 rings (SSSR count). The van der Waals surface area contributed by atoms with Gasteiger partial charge in [-0.2, -0.15) is 0 Å². The first kappa shape index (κ1) is 22.9. The molecule has 1 heterocycles. The number of benzene rings is 3. The molecule has 0 bridgehead atoms. The largest absolute Gasteiger partial charge is 0.508 e. The number of carbonyl (C=O) groups is 2. The number of nitrogens with zero attached hydrogens (tertiary/aromatic N) is 1. The number of amides is 2. The predicted molar refractivity (Wildman–Crippen MR) is 130 cm³/mol. The highest BCUT2D eigenvalue weighted by atomic mass is 35.5. The molecule has 0 aliphatic carbocycles. The Hall–Kier alpha value is -3.31. The topological polar surface area (TPSA) is 69.6 Å². The van der Waals surface area contributed by atoms with Crippen LogP contribution in [0.4, 0.5) is 0 Å². The summed E-state index contributed by atoms with van der Waals surface area (Å²) in [5.74, 6) is -0.494. The Morgan fingerprint density at radius 3 is 2.33 bits per heavy atom. The van der Waals surface area contributed by atoms with Gasteiger partial charge in [-0.15, -0.1) is 0 Å². The van der Waals surface area contributed by atoms with E-state index in [1.165, 1.54) is 0 Å². The molecule has 1 aliphatic heterocycles. The number of rotatable bonds is 4. The fourth-order valence-electron chi connectivity index (χ4n) is 4.33. The molecule has 2 N–H and O–H groups in total. The Kier molecular flexibility index (Phi) is 5.93. The zero-order valence-corrected chi connectivity index (χ0v) is 19.9. The fourth-order valence-corrected chi connectivity index (χ4v) is 4.57. The summed E-state index contributed by atoms with van der Waals surface area (Å²) >= 11 is 6.47. The maximum atomic E-state index is 13.6. The Morgan fingerprint density at radius 2 is 1.67 bits per heavy atom.